The van der Waals surface area contributed by atoms with Gasteiger partial charge < -0.3 is 5.84 Å². The molecule has 4 aromatic rings. The second-order valence-corrected chi connectivity index (χ2v) is 6.71. The number of thioether (sulfide) groups is 1. The molecule has 3 heterocycles. The highest BCUT2D eigenvalue weighted by atomic mass is 32.2. The van der Waals surface area contributed by atoms with Crippen molar-refractivity contribution in [2.24, 2.45) is 0 Å². The van der Waals surface area contributed by atoms with Crippen molar-refractivity contribution in [2.45, 2.75) is 24.8 Å². The predicted octanol–water partition coefficient (Wildman–Crippen LogP) is 2.63. The van der Waals surface area contributed by atoms with Gasteiger partial charge in [0.1, 0.15) is 0 Å². The molecule has 0 aliphatic heterocycles. The summed E-state index contributed by atoms with van der Waals surface area (Å²) in [7, 11) is 0. The summed E-state index contributed by atoms with van der Waals surface area (Å²) in [5, 5.41) is 14.6. The number of aromatic nitrogens is 6. The fourth-order valence-corrected chi connectivity index (χ4v) is 3.61. The molecular weight excluding hydrogens is 334 g/mol. The monoisotopic (exact) mass is 351 g/mol. The maximum Gasteiger partial charge on any atom is 0.271 e. The van der Waals surface area contributed by atoms with Crippen LogP contribution in [0.15, 0.2) is 47.8 Å². The van der Waals surface area contributed by atoms with Gasteiger partial charge in [-0.1, -0.05) is 36.0 Å². The first-order valence-corrected chi connectivity index (χ1v) is 8.81. The van der Waals surface area contributed by atoms with E-state index in [0.29, 0.717) is 16.9 Å². The predicted molar refractivity (Wildman–Crippen MR) is 98.1 cm³/mol. The van der Waals surface area contributed by atoms with Gasteiger partial charge in [-0.3, -0.25) is 4.98 Å². The summed E-state index contributed by atoms with van der Waals surface area (Å²) in [5.41, 5.74) is 4.01. The molecule has 7 nitrogen and oxygen atoms in total. The molecule has 0 fully saturated rings. The van der Waals surface area contributed by atoms with Crippen LogP contribution in [0.5, 0.6) is 0 Å². The third kappa shape index (κ3) is 2.85. The molecular formula is C17H17N7S. The van der Waals surface area contributed by atoms with E-state index in [0.717, 1.165) is 27.9 Å². The van der Waals surface area contributed by atoms with E-state index >= 15 is 0 Å². The zero-order valence-corrected chi connectivity index (χ0v) is 14.7. The molecule has 4 rings (SSSR count). The minimum absolute atomic E-state index is 0.504. The van der Waals surface area contributed by atoms with Crippen molar-refractivity contribution < 1.29 is 0 Å². The van der Waals surface area contributed by atoms with Crippen LogP contribution in [-0.2, 0) is 5.75 Å². The standard InChI is InChI=1S/C17H17N7S/c1-11-9-12(2)24(22-11)16-20-21-17(23(16)18)25-10-14-6-3-5-13-7-4-8-19-15(13)14/h3-9H,10,18H2,1-2H3. The number of benzene rings is 1. The van der Waals surface area contributed by atoms with Crippen molar-refractivity contribution in [1.29, 1.82) is 0 Å². The van der Waals surface area contributed by atoms with Crippen LogP contribution in [0, 0.1) is 13.8 Å². The maximum atomic E-state index is 6.18. The van der Waals surface area contributed by atoms with Gasteiger partial charge in [0.05, 0.1) is 11.2 Å². The first-order chi connectivity index (χ1) is 12.1. The maximum absolute atomic E-state index is 6.18. The Hall–Kier alpha value is -2.87. The SMILES string of the molecule is Cc1cc(C)n(-c2nnc(SCc3cccc4cccnc34)n2N)n1. The first-order valence-electron chi connectivity index (χ1n) is 7.83. The van der Waals surface area contributed by atoms with Gasteiger partial charge in [0.25, 0.3) is 5.95 Å². The van der Waals surface area contributed by atoms with E-state index in [1.807, 2.05) is 38.2 Å². The molecule has 25 heavy (non-hydrogen) atoms. The topological polar surface area (TPSA) is 87.4 Å². The molecule has 2 N–H and O–H groups in total. The van der Waals surface area contributed by atoms with E-state index in [2.05, 4.69) is 38.5 Å². The van der Waals surface area contributed by atoms with Crippen molar-refractivity contribution in [2.75, 3.05) is 5.84 Å². The van der Waals surface area contributed by atoms with Gasteiger partial charge >= 0.3 is 0 Å². The minimum Gasteiger partial charge on any atom is -0.334 e. The molecule has 8 heteroatoms. The van der Waals surface area contributed by atoms with Crippen LogP contribution < -0.4 is 5.84 Å². The molecule has 0 aliphatic rings. The molecule has 0 saturated heterocycles. The van der Waals surface area contributed by atoms with Crippen LogP contribution in [0.25, 0.3) is 16.9 Å². The summed E-state index contributed by atoms with van der Waals surface area (Å²) in [6, 6.07) is 12.1. The highest BCUT2D eigenvalue weighted by Gasteiger charge is 2.15. The van der Waals surface area contributed by atoms with Crippen molar-refractivity contribution in [3.8, 4) is 5.95 Å². The Labute approximate surface area is 148 Å². The fourth-order valence-electron chi connectivity index (χ4n) is 2.77. The molecule has 0 aliphatic carbocycles. The minimum atomic E-state index is 0.504. The van der Waals surface area contributed by atoms with E-state index < -0.39 is 0 Å². The summed E-state index contributed by atoms with van der Waals surface area (Å²) in [5.74, 6) is 7.40. The van der Waals surface area contributed by atoms with E-state index in [4.69, 9.17) is 5.84 Å². The Morgan fingerprint density at radius 3 is 2.76 bits per heavy atom. The van der Waals surface area contributed by atoms with E-state index in [1.54, 1.807) is 4.68 Å². The number of nitrogen functional groups attached to an aromatic ring is 1. The molecule has 3 aromatic heterocycles. The van der Waals surface area contributed by atoms with Crippen molar-refractivity contribution in [3.63, 3.8) is 0 Å². The zero-order valence-electron chi connectivity index (χ0n) is 13.9. The Kier molecular flexibility index (Phi) is 3.89. The van der Waals surface area contributed by atoms with Crippen molar-refractivity contribution >= 4 is 22.7 Å². The third-order valence-corrected chi connectivity index (χ3v) is 4.91. The lowest BCUT2D eigenvalue weighted by atomic mass is 10.1. The molecule has 126 valence electrons. The van der Waals surface area contributed by atoms with Gasteiger partial charge in [-0.25, -0.2) is 9.36 Å². The van der Waals surface area contributed by atoms with Gasteiger partial charge in [-0.2, -0.15) is 5.10 Å². The van der Waals surface area contributed by atoms with Crippen LogP contribution in [-0.4, -0.2) is 29.6 Å². The van der Waals surface area contributed by atoms with E-state index in [-0.39, 0.29) is 0 Å². The number of fused-ring (bicyclic) bond motifs is 1. The molecule has 0 spiro atoms. The summed E-state index contributed by atoms with van der Waals surface area (Å²) in [4.78, 5) is 4.48. The number of nitrogens with zero attached hydrogens (tertiary/aromatic N) is 6. The van der Waals surface area contributed by atoms with Crippen LogP contribution in [0.2, 0.25) is 0 Å². The van der Waals surface area contributed by atoms with Crippen LogP contribution in [0.3, 0.4) is 0 Å². The molecule has 0 saturated carbocycles. The smallest absolute Gasteiger partial charge is 0.271 e. The Balaban J connectivity index is 1.61. The Morgan fingerprint density at radius 1 is 1.12 bits per heavy atom. The lowest BCUT2D eigenvalue weighted by Crippen LogP contribution is -2.17. The summed E-state index contributed by atoms with van der Waals surface area (Å²) < 4.78 is 3.18. The summed E-state index contributed by atoms with van der Waals surface area (Å²) in [6.07, 6.45) is 1.81. The second-order valence-electron chi connectivity index (χ2n) is 5.77. The summed E-state index contributed by atoms with van der Waals surface area (Å²) in [6.45, 7) is 3.90. The molecule has 0 amide bonds. The molecule has 0 radical (unpaired) electrons. The van der Waals surface area contributed by atoms with E-state index in [9.17, 15) is 0 Å². The number of para-hydroxylation sites is 1. The largest absolute Gasteiger partial charge is 0.334 e. The highest BCUT2D eigenvalue weighted by molar-refractivity contribution is 7.98. The van der Waals surface area contributed by atoms with Gasteiger partial charge in [-0.15, -0.1) is 10.2 Å². The Morgan fingerprint density at radius 2 is 1.96 bits per heavy atom. The van der Waals surface area contributed by atoms with Crippen LogP contribution in [0.4, 0.5) is 0 Å². The average molecular weight is 351 g/mol. The Bertz CT molecular complexity index is 1050. The zero-order chi connectivity index (χ0) is 17.4. The summed E-state index contributed by atoms with van der Waals surface area (Å²) >= 11 is 1.53. The first kappa shape index (κ1) is 15.6. The van der Waals surface area contributed by atoms with Crippen LogP contribution >= 0.6 is 11.8 Å². The highest BCUT2D eigenvalue weighted by Crippen LogP contribution is 2.25. The van der Waals surface area contributed by atoms with Gasteiger partial charge in [0, 0.05) is 23.0 Å². The number of pyridine rings is 1. The van der Waals surface area contributed by atoms with Gasteiger partial charge in [0.15, 0.2) is 0 Å². The molecule has 0 bridgehead atoms. The van der Waals surface area contributed by atoms with Crippen LogP contribution in [0.1, 0.15) is 17.0 Å². The normalized spacial score (nSPS) is 11.3. The quantitative estimate of drug-likeness (QED) is 0.449. The number of hydrogen-bond donors (Lipinski definition) is 1. The number of nitrogens with two attached hydrogens (primary N) is 1. The molecule has 0 atom stereocenters. The average Bonchev–Trinajstić information content (AvgIpc) is 3.14. The van der Waals surface area contributed by atoms with E-state index in [1.165, 1.54) is 16.4 Å². The number of hydrogen-bond acceptors (Lipinski definition) is 6. The molecule has 0 unspecified atom stereocenters. The second kappa shape index (κ2) is 6.21. The van der Waals surface area contributed by atoms with Crippen molar-refractivity contribution in [1.82, 2.24) is 29.6 Å². The lowest BCUT2D eigenvalue weighted by molar-refractivity contribution is 0.727. The number of aryl methyl sites for hydroxylation is 2. The van der Waals surface area contributed by atoms with Crippen molar-refractivity contribution in [3.05, 3.63) is 59.5 Å². The lowest BCUT2D eigenvalue weighted by Gasteiger charge is -2.06. The fraction of sp³-hybridized carbons (Fsp3) is 0.176. The van der Waals surface area contributed by atoms with Gasteiger partial charge in [0.2, 0.25) is 5.16 Å². The van der Waals surface area contributed by atoms with Gasteiger partial charge in [-0.05, 0) is 31.5 Å². The third-order valence-electron chi connectivity index (χ3n) is 3.92. The number of rotatable bonds is 4. The molecule has 1 aromatic carbocycles.